The van der Waals surface area contributed by atoms with E-state index in [9.17, 15) is 4.79 Å². The standard InChI is InChI=1S/C12H11Cl2N3O2/c1-17-5-4-11(16-17)15-12(18)7-19-10-3-2-8(13)6-9(10)14/h2-6H,7H2,1H3,(H,15,16,18). The van der Waals surface area contributed by atoms with Gasteiger partial charge in [0.25, 0.3) is 5.91 Å². The summed E-state index contributed by atoms with van der Waals surface area (Å²) < 4.78 is 6.89. The minimum absolute atomic E-state index is 0.155. The molecule has 100 valence electrons. The minimum atomic E-state index is -0.315. The summed E-state index contributed by atoms with van der Waals surface area (Å²) in [5.41, 5.74) is 0. The quantitative estimate of drug-likeness (QED) is 0.944. The molecule has 2 rings (SSSR count). The molecule has 0 radical (unpaired) electrons. The van der Waals surface area contributed by atoms with Crippen molar-refractivity contribution in [2.45, 2.75) is 0 Å². The van der Waals surface area contributed by atoms with Gasteiger partial charge in [-0.15, -0.1) is 0 Å². The lowest BCUT2D eigenvalue weighted by molar-refractivity contribution is -0.118. The summed E-state index contributed by atoms with van der Waals surface area (Å²) in [4.78, 5) is 11.6. The third kappa shape index (κ3) is 3.87. The van der Waals surface area contributed by atoms with Crippen molar-refractivity contribution in [2.75, 3.05) is 11.9 Å². The lowest BCUT2D eigenvalue weighted by Crippen LogP contribution is -2.20. The van der Waals surface area contributed by atoms with Gasteiger partial charge >= 0.3 is 0 Å². The predicted octanol–water partition coefficient (Wildman–Crippen LogP) is 2.74. The lowest BCUT2D eigenvalue weighted by Gasteiger charge is -2.07. The van der Waals surface area contributed by atoms with Crippen molar-refractivity contribution in [2.24, 2.45) is 7.05 Å². The van der Waals surface area contributed by atoms with Crippen LogP contribution in [0, 0.1) is 0 Å². The molecule has 1 aromatic carbocycles. The maximum atomic E-state index is 11.6. The summed E-state index contributed by atoms with van der Waals surface area (Å²) in [6.07, 6.45) is 1.73. The average molecular weight is 300 g/mol. The first-order valence-electron chi connectivity index (χ1n) is 5.42. The Kier molecular flexibility index (Phi) is 4.29. The van der Waals surface area contributed by atoms with Crippen LogP contribution in [0.3, 0.4) is 0 Å². The largest absolute Gasteiger partial charge is 0.482 e. The molecule has 0 unspecified atom stereocenters. The van der Waals surface area contributed by atoms with Crippen molar-refractivity contribution < 1.29 is 9.53 Å². The Bertz CT molecular complexity index is 598. The van der Waals surface area contributed by atoms with Crippen molar-refractivity contribution in [3.05, 3.63) is 40.5 Å². The highest BCUT2D eigenvalue weighted by molar-refractivity contribution is 6.35. The molecule has 1 amide bonds. The molecule has 0 aliphatic rings. The number of ether oxygens (including phenoxy) is 1. The van der Waals surface area contributed by atoms with Crippen LogP contribution in [0.2, 0.25) is 10.0 Å². The predicted molar refractivity (Wildman–Crippen MR) is 73.8 cm³/mol. The summed E-state index contributed by atoms with van der Waals surface area (Å²) in [7, 11) is 1.76. The third-order valence-corrected chi connectivity index (χ3v) is 2.76. The lowest BCUT2D eigenvalue weighted by atomic mass is 10.3. The molecule has 0 spiro atoms. The van der Waals surface area contributed by atoms with E-state index in [0.717, 1.165) is 0 Å². The first-order valence-corrected chi connectivity index (χ1v) is 6.17. The summed E-state index contributed by atoms with van der Waals surface area (Å²) in [5, 5.41) is 7.49. The third-order valence-electron chi connectivity index (χ3n) is 2.23. The number of rotatable bonds is 4. The van der Waals surface area contributed by atoms with Gasteiger partial charge in [0.1, 0.15) is 5.75 Å². The van der Waals surface area contributed by atoms with Crippen LogP contribution < -0.4 is 10.1 Å². The van der Waals surface area contributed by atoms with Gasteiger partial charge in [-0.2, -0.15) is 5.10 Å². The van der Waals surface area contributed by atoms with Gasteiger partial charge in [0.2, 0.25) is 0 Å². The summed E-state index contributed by atoms with van der Waals surface area (Å²) in [5.74, 6) is 0.560. The van der Waals surface area contributed by atoms with E-state index >= 15 is 0 Å². The number of nitrogens with zero attached hydrogens (tertiary/aromatic N) is 2. The van der Waals surface area contributed by atoms with Gasteiger partial charge in [0, 0.05) is 24.3 Å². The van der Waals surface area contributed by atoms with Gasteiger partial charge in [-0.1, -0.05) is 23.2 Å². The molecule has 0 atom stereocenters. The Morgan fingerprint density at radius 1 is 1.42 bits per heavy atom. The van der Waals surface area contributed by atoms with E-state index in [-0.39, 0.29) is 12.5 Å². The van der Waals surface area contributed by atoms with Gasteiger partial charge < -0.3 is 10.1 Å². The highest BCUT2D eigenvalue weighted by Crippen LogP contribution is 2.27. The number of hydrogen-bond acceptors (Lipinski definition) is 3. The number of halogens is 2. The van der Waals surface area contributed by atoms with Gasteiger partial charge in [0.15, 0.2) is 12.4 Å². The number of aromatic nitrogens is 2. The monoisotopic (exact) mass is 299 g/mol. The molecule has 0 aliphatic carbocycles. The van der Waals surface area contributed by atoms with Gasteiger partial charge in [-0.25, -0.2) is 0 Å². The Morgan fingerprint density at radius 2 is 2.21 bits per heavy atom. The molecule has 0 saturated heterocycles. The second-order valence-electron chi connectivity index (χ2n) is 3.79. The fourth-order valence-corrected chi connectivity index (χ4v) is 1.86. The smallest absolute Gasteiger partial charge is 0.263 e. The molecular formula is C12H11Cl2N3O2. The van der Waals surface area contributed by atoms with Gasteiger partial charge in [-0.05, 0) is 18.2 Å². The van der Waals surface area contributed by atoms with Crippen molar-refractivity contribution in [1.82, 2.24) is 9.78 Å². The van der Waals surface area contributed by atoms with E-state index in [1.54, 1.807) is 42.2 Å². The number of benzene rings is 1. The number of anilines is 1. The maximum Gasteiger partial charge on any atom is 0.263 e. The maximum absolute atomic E-state index is 11.6. The number of carbonyl (C=O) groups excluding carboxylic acids is 1. The molecular weight excluding hydrogens is 289 g/mol. The van der Waals surface area contributed by atoms with E-state index in [1.165, 1.54) is 0 Å². The molecule has 1 heterocycles. The fraction of sp³-hybridized carbons (Fsp3) is 0.167. The van der Waals surface area contributed by atoms with E-state index in [4.69, 9.17) is 27.9 Å². The number of nitrogens with one attached hydrogen (secondary N) is 1. The van der Waals surface area contributed by atoms with Crippen molar-refractivity contribution in [3.63, 3.8) is 0 Å². The summed E-state index contributed by atoms with van der Waals surface area (Å²) in [6.45, 7) is -0.155. The second kappa shape index (κ2) is 5.95. The fourth-order valence-electron chi connectivity index (χ4n) is 1.40. The first kappa shape index (κ1) is 13.7. The average Bonchev–Trinajstić information content (AvgIpc) is 2.73. The highest BCUT2D eigenvalue weighted by atomic mass is 35.5. The number of aryl methyl sites for hydroxylation is 1. The van der Waals surface area contributed by atoms with Gasteiger partial charge in [-0.3, -0.25) is 9.48 Å². The van der Waals surface area contributed by atoms with E-state index in [0.29, 0.717) is 21.6 Å². The van der Waals surface area contributed by atoms with Crippen molar-refractivity contribution in [1.29, 1.82) is 0 Å². The number of amides is 1. The molecule has 2 aromatic rings. The van der Waals surface area contributed by atoms with Gasteiger partial charge in [0.05, 0.1) is 5.02 Å². The first-order chi connectivity index (χ1) is 9.04. The van der Waals surface area contributed by atoms with Crippen molar-refractivity contribution >= 4 is 34.9 Å². The number of hydrogen-bond donors (Lipinski definition) is 1. The molecule has 1 aromatic heterocycles. The number of carbonyl (C=O) groups is 1. The van der Waals surface area contributed by atoms with Crippen molar-refractivity contribution in [3.8, 4) is 5.75 Å². The Labute approximate surface area is 120 Å². The normalized spacial score (nSPS) is 10.3. The van der Waals surface area contributed by atoms with Crippen LogP contribution >= 0.6 is 23.2 Å². The Balaban J connectivity index is 1.89. The van der Waals surface area contributed by atoms with E-state index in [2.05, 4.69) is 10.4 Å². The minimum Gasteiger partial charge on any atom is -0.482 e. The van der Waals surface area contributed by atoms with Crippen LogP contribution in [-0.4, -0.2) is 22.3 Å². The van der Waals surface area contributed by atoms with Crippen LogP contribution in [0.4, 0.5) is 5.82 Å². The topological polar surface area (TPSA) is 56.2 Å². The molecule has 5 nitrogen and oxygen atoms in total. The van der Waals surface area contributed by atoms with Crippen LogP contribution in [0.25, 0.3) is 0 Å². The molecule has 7 heteroatoms. The van der Waals surface area contributed by atoms with Crippen LogP contribution in [0.5, 0.6) is 5.75 Å². The Hall–Kier alpha value is -1.72. The molecule has 0 bridgehead atoms. The molecule has 0 aliphatic heterocycles. The molecule has 0 fully saturated rings. The van der Waals surface area contributed by atoms with Crippen LogP contribution in [0.1, 0.15) is 0 Å². The van der Waals surface area contributed by atoms with Crippen LogP contribution in [-0.2, 0) is 11.8 Å². The summed E-state index contributed by atoms with van der Waals surface area (Å²) >= 11 is 11.7. The summed E-state index contributed by atoms with van der Waals surface area (Å²) in [6, 6.07) is 6.49. The van der Waals surface area contributed by atoms with E-state index < -0.39 is 0 Å². The highest BCUT2D eigenvalue weighted by Gasteiger charge is 2.08. The zero-order chi connectivity index (χ0) is 13.8. The second-order valence-corrected chi connectivity index (χ2v) is 4.63. The zero-order valence-electron chi connectivity index (χ0n) is 10.1. The SMILES string of the molecule is Cn1ccc(NC(=O)COc2ccc(Cl)cc2Cl)n1. The Morgan fingerprint density at radius 3 is 2.84 bits per heavy atom. The zero-order valence-corrected chi connectivity index (χ0v) is 11.6. The molecule has 0 saturated carbocycles. The molecule has 1 N–H and O–H groups in total. The van der Waals surface area contributed by atoms with E-state index in [1.807, 2.05) is 0 Å². The van der Waals surface area contributed by atoms with Crippen LogP contribution in [0.15, 0.2) is 30.5 Å². The molecule has 19 heavy (non-hydrogen) atoms.